The number of aryl methyl sites for hydroxylation is 3. The molecular weight excluding hydrogens is 498 g/mol. The monoisotopic (exact) mass is 539 g/mol. The Morgan fingerprint density at radius 3 is 2.24 bits per heavy atom. The Hall–Kier alpha value is -4.43. The van der Waals surface area contributed by atoms with Crippen LogP contribution in [0.4, 0.5) is 0 Å². The van der Waals surface area contributed by atoms with E-state index < -0.39 is 18.6 Å². The minimum absolute atomic E-state index is 0.0143. The number of hydrogen-bond donors (Lipinski definition) is 0. The average Bonchev–Trinajstić information content (AvgIpc) is 3.38. The Balaban J connectivity index is 1.52. The molecule has 5 aromatic carbocycles. The first kappa shape index (κ1) is 20.4. The molecule has 0 saturated carbocycles. The number of aromatic nitrogens is 1. The number of hydrogen-bond acceptors (Lipinski definition) is 1. The molecule has 0 atom stereocenters. The Labute approximate surface area is 248 Å². The van der Waals surface area contributed by atoms with E-state index >= 15 is 0 Å². The standard InChI is InChI=1S/C39H36NO/c1-24-12-17-32-33-19-15-27-13-14-29-20-28(26-10-8-7-9-11-26)16-18-31(29)36(27)38(33)41-37(32)35(24)34-21-30(22-39(3,4)5)25(2)23-40(34)6/h7-21,23H,22H2,1-6H3/q+1/i2D3,22D2. The van der Waals surface area contributed by atoms with Crippen LogP contribution >= 0.6 is 0 Å². The van der Waals surface area contributed by atoms with Crippen LogP contribution in [0.1, 0.15) is 44.3 Å². The SMILES string of the molecule is [2H]C([2H])([2H])c1c[n+](C)c(-c2c(C)ccc3c2oc2c3ccc3ccc4cc(-c5ccccc5)ccc4c32)cc1C([2H])([2H])C(C)(C)C. The van der Waals surface area contributed by atoms with Crippen molar-refractivity contribution in [3.8, 4) is 22.4 Å². The van der Waals surface area contributed by atoms with Crippen molar-refractivity contribution >= 4 is 43.5 Å². The van der Waals surface area contributed by atoms with E-state index in [9.17, 15) is 0 Å². The molecule has 0 N–H and O–H groups in total. The van der Waals surface area contributed by atoms with Gasteiger partial charge in [0.15, 0.2) is 6.20 Å². The number of nitrogens with zero attached hydrogens (tertiary/aromatic N) is 1. The van der Waals surface area contributed by atoms with Crippen LogP contribution in [0, 0.1) is 19.2 Å². The summed E-state index contributed by atoms with van der Waals surface area (Å²) in [6.45, 7) is 4.92. The molecule has 202 valence electrons. The highest BCUT2D eigenvalue weighted by atomic mass is 16.3. The zero-order valence-electron chi connectivity index (χ0n) is 29.1. The summed E-state index contributed by atoms with van der Waals surface area (Å²) in [6.07, 6.45) is -0.349. The predicted molar refractivity (Wildman–Crippen MR) is 173 cm³/mol. The Morgan fingerprint density at radius 1 is 0.756 bits per heavy atom. The summed E-state index contributed by atoms with van der Waals surface area (Å²) in [7, 11) is 1.81. The maximum absolute atomic E-state index is 9.09. The summed E-state index contributed by atoms with van der Waals surface area (Å²) in [4.78, 5) is 0. The van der Waals surface area contributed by atoms with Gasteiger partial charge in [0.2, 0.25) is 5.69 Å². The number of rotatable bonds is 3. The van der Waals surface area contributed by atoms with Crippen molar-refractivity contribution in [2.24, 2.45) is 12.5 Å². The maximum atomic E-state index is 9.09. The molecular formula is C39H36NO+. The molecule has 7 rings (SSSR count). The molecule has 7 aromatic rings. The summed E-state index contributed by atoms with van der Waals surface area (Å²) < 4.78 is 51.6. The van der Waals surface area contributed by atoms with Crippen molar-refractivity contribution in [2.75, 3.05) is 0 Å². The fourth-order valence-corrected chi connectivity index (χ4v) is 6.08. The van der Waals surface area contributed by atoms with E-state index in [2.05, 4.69) is 66.7 Å². The lowest BCUT2D eigenvalue weighted by molar-refractivity contribution is -0.660. The Kier molecular flexibility index (Phi) is 4.64. The van der Waals surface area contributed by atoms with Crippen LogP contribution in [0.25, 0.3) is 65.9 Å². The van der Waals surface area contributed by atoms with Crippen molar-refractivity contribution in [3.05, 3.63) is 114 Å². The Bertz CT molecular complexity index is 2330. The molecule has 0 aliphatic carbocycles. The van der Waals surface area contributed by atoms with Gasteiger partial charge in [0.1, 0.15) is 18.2 Å². The van der Waals surface area contributed by atoms with Gasteiger partial charge in [-0.05, 0) is 76.1 Å². The largest absolute Gasteiger partial charge is 0.454 e. The molecule has 0 radical (unpaired) electrons. The van der Waals surface area contributed by atoms with Gasteiger partial charge < -0.3 is 4.42 Å². The number of pyridine rings is 1. The predicted octanol–water partition coefficient (Wildman–Crippen LogP) is 10.3. The fourth-order valence-electron chi connectivity index (χ4n) is 6.08. The van der Waals surface area contributed by atoms with Crippen molar-refractivity contribution in [1.82, 2.24) is 0 Å². The van der Waals surface area contributed by atoms with Crippen LogP contribution in [0.15, 0.2) is 102 Å². The number of furan rings is 1. The van der Waals surface area contributed by atoms with Gasteiger partial charge in [-0.2, -0.15) is 0 Å². The first-order valence-corrected chi connectivity index (χ1v) is 14.1. The second kappa shape index (κ2) is 9.31. The summed E-state index contributed by atoms with van der Waals surface area (Å²) in [6, 6.07) is 31.3. The van der Waals surface area contributed by atoms with Crippen LogP contribution in [0.3, 0.4) is 0 Å². The third kappa shape index (κ3) is 4.30. The summed E-state index contributed by atoms with van der Waals surface area (Å²) >= 11 is 0. The third-order valence-electron chi connectivity index (χ3n) is 7.96. The molecule has 0 fully saturated rings. The second-order valence-corrected chi connectivity index (χ2v) is 12.1. The molecule has 0 bridgehead atoms. The van der Waals surface area contributed by atoms with E-state index in [0.29, 0.717) is 11.3 Å². The first-order valence-electron chi connectivity index (χ1n) is 16.6. The molecule has 2 nitrogen and oxygen atoms in total. The highest BCUT2D eigenvalue weighted by molar-refractivity contribution is 6.24. The van der Waals surface area contributed by atoms with Gasteiger partial charge in [-0.25, -0.2) is 4.57 Å². The Morgan fingerprint density at radius 2 is 1.46 bits per heavy atom. The van der Waals surface area contributed by atoms with E-state index in [1.807, 2.05) is 32.2 Å². The highest BCUT2D eigenvalue weighted by Crippen LogP contribution is 2.42. The van der Waals surface area contributed by atoms with E-state index in [4.69, 9.17) is 11.3 Å². The number of fused-ring (bicyclic) bond motifs is 7. The van der Waals surface area contributed by atoms with Gasteiger partial charge in [0.05, 0.1) is 5.56 Å². The van der Waals surface area contributed by atoms with Gasteiger partial charge >= 0.3 is 0 Å². The lowest BCUT2D eigenvalue weighted by Gasteiger charge is -2.19. The van der Waals surface area contributed by atoms with Crippen molar-refractivity contribution in [1.29, 1.82) is 0 Å². The van der Waals surface area contributed by atoms with Gasteiger partial charge in [-0.3, -0.25) is 0 Å². The molecule has 2 heterocycles. The third-order valence-corrected chi connectivity index (χ3v) is 7.96. The van der Waals surface area contributed by atoms with Crippen molar-refractivity contribution in [3.63, 3.8) is 0 Å². The van der Waals surface area contributed by atoms with Crippen molar-refractivity contribution in [2.45, 2.75) is 40.9 Å². The van der Waals surface area contributed by atoms with Crippen LogP contribution < -0.4 is 4.57 Å². The van der Waals surface area contributed by atoms with Gasteiger partial charge in [-0.1, -0.05) is 93.6 Å². The minimum Gasteiger partial charge on any atom is -0.454 e. The van der Waals surface area contributed by atoms with Gasteiger partial charge in [-0.15, -0.1) is 0 Å². The molecule has 2 aromatic heterocycles. The van der Waals surface area contributed by atoms with Crippen LogP contribution in [0.5, 0.6) is 0 Å². The highest BCUT2D eigenvalue weighted by Gasteiger charge is 2.24. The normalized spacial score (nSPS) is 14.7. The van der Waals surface area contributed by atoms with E-state index in [1.54, 1.807) is 37.6 Å². The van der Waals surface area contributed by atoms with Crippen molar-refractivity contribution < 1.29 is 15.8 Å². The van der Waals surface area contributed by atoms with Gasteiger partial charge in [0.25, 0.3) is 0 Å². The first-order chi connectivity index (χ1) is 21.7. The molecule has 0 aliphatic heterocycles. The quantitative estimate of drug-likeness (QED) is 0.161. The summed E-state index contributed by atoms with van der Waals surface area (Å²) in [5, 5.41) is 6.30. The molecule has 41 heavy (non-hydrogen) atoms. The molecule has 0 amide bonds. The van der Waals surface area contributed by atoms with Crippen LogP contribution in [-0.4, -0.2) is 0 Å². The molecule has 2 heteroatoms. The second-order valence-electron chi connectivity index (χ2n) is 12.1. The van der Waals surface area contributed by atoms with E-state index in [0.717, 1.165) is 54.6 Å². The molecule has 0 aliphatic rings. The van der Waals surface area contributed by atoms with E-state index in [1.165, 1.54) is 5.56 Å². The van der Waals surface area contributed by atoms with E-state index in [-0.39, 0.29) is 11.1 Å². The smallest absolute Gasteiger partial charge is 0.216 e. The van der Waals surface area contributed by atoms with Crippen LogP contribution in [0.2, 0.25) is 0 Å². The average molecular weight is 540 g/mol. The number of benzene rings is 5. The molecule has 0 saturated heterocycles. The van der Waals surface area contributed by atoms with Crippen LogP contribution in [-0.2, 0) is 13.4 Å². The fraction of sp³-hybridized carbons (Fsp3) is 0.205. The molecule has 0 unspecified atom stereocenters. The lowest BCUT2D eigenvalue weighted by Crippen LogP contribution is -2.32. The van der Waals surface area contributed by atoms with Gasteiger partial charge in [0, 0.05) is 34.6 Å². The zero-order valence-corrected chi connectivity index (χ0v) is 24.1. The zero-order chi connectivity index (χ0) is 32.8. The molecule has 0 spiro atoms. The lowest BCUT2D eigenvalue weighted by atomic mass is 9.86. The summed E-state index contributed by atoms with van der Waals surface area (Å²) in [5.41, 5.74) is 5.62. The topological polar surface area (TPSA) is 17.0 Å². The maximum Gasteiger partial charge on any atom is 0.216 e. The minimum atomic E-state index is -2.48. The summed E-state index contributed by atoms with van der Waals surface area (Å²) in [5.74, 6) is 0.